The Morgan fingerprint density at radius 3 is 2.04 bits per heavy atom. The smallest absolute Gasteiger partial charge is 0.0769 e. The molecule has 0 spiro atoms. The Morgan fingerprint density at radius 2 is 1.36 bits per heavy atom. The van der Waals surface area contributed by atoms with Crippen molar-refractivity contribution in [1.82, 2.24) is 9.78 Å². The molecule has 0 amide bonds. The maximum atomic E-state index is 5.27. The molecule has 2 heteroatoms. The van der Waals surface area contributed by atoms with Crippen LogP contribution in [0.4, 0.5) is 0 Å². The lowest BCUT2D eigenvalue weighted by Gasteiger charge is -2.56. The number of fused-ring (bicyclic) bond motifs is 1. The Bertz CT molecular complexity index is 902. The van der Waals surface area contributed by atoms with Gasteiger partial charge in [-0.3, -0.25) is 0 Å². The Kier molecular flexibility index (Phi) is 2.81. The normalized spacial score (nSPS) is 33.2. The molecule has 4 aliphatic carbocycles. The molecule has 0 radical (unpaired) electrons. The molecule has 2 aromatic carbocycles. The second kappa shape index (κ2) is 4.97. The van der Waals surface area contributed by atoms with Crippen molar-refractivity contribution in [2.75, 3.05) is 0 Å². The van der Waals surface area contributed by atoms with Crippen LogP contribution in [0.15, 0.2) is 54.6 Å². The molecule has 1 aromatic heterocycles. The minimum absolute atomic E-state index is 0.342. The lowest BCUT2D eigenvalue weighted by atomic mass is 9.48. The van der Waals surface area contributed by atoms with Crippen molar-refractivity contribution in [3.63, 3.8) is 0 Å². The van der Waals surface area contributed by atoms with E-state index in [0.717, 1.165) is 17.8 Å². The summed E-state index contributed by atoms with van der Waals surface area (Å²) in [6.45, 7) is 0. The average Bonchev–Trinajstić information content (AvgIpc) is 3.02. The highest BCUT2D eigenvalue weighted by atomic mass is 15.3. The Hall–Kier alpha value is -2.09. The van der Waals surface area contributed by atoms with Crippen LogP contribution in [-0.4, -0.2) is 9.78 Å². The molecular formula is C23H24N2. The molecule has 0 N–H and O–H groups in total. The molecular weight excluding hydrogens is 304 g/mol. The summed E-state index contributed by atoms with van der Waals surface area (Å²) in [5.41, 5.74) is 4.18. The van der Waals surface area contributed by atoms with Crippen molar-refractivity contribution in [2.24, 2.45) is 17.8 Å². The largest absolute Gasteiger partial charge is 0.233 e. The standard InChI is InChI=1S/C23H24N2/c1-2-6-19(7-3-1)25-21-9-5-4-8-20(21)22(24-25)23-13-16-10-17(14-23)12-18(11-16)15-23/h1-9,16-18H,10-15H2. The van der Waals surface area contributed by atoms with E-state index in [1.165, 1.54) is 60.8 Å². The predicted molar refractivity (Wildman–Crippen MR) is 101 cm³/mol. The minimum atomic E-state index is 0.342. The van der Waals surface area contributed by atoms with Crippen molar-refractivity contribution in [3.8, 4) is 5.69 Å². The first-order valence-electron chi connectivity index (χ1n) is 9.84. The summed E-state index contributed by atoms with van der Waals surface area (Å²) < 4.78 is 2.18. The van der Waals surface area contributed by atoms with E-state index in [1.54, 1.807) is 0 Å². The molecule has 7 rings (SSSR count). The number of rotatable bonds is 2. The Balaban J connectivity index is 1.57. The lowest BCUT2D eigenvalue weighted by Crippen LogP contribution is -2.48. The molecule has 4 saturated carbocycles. The number of benzene rings is 2. The number of aromatic nitrogens is 2. The fourth-order valence-corrected chi connectivity index (χ4v) is 6.62. The van der Waals surface area contributed by atoms with Gasteiger partial charge in [0.15, 0.2) is 0 Å². The predicted octanol–water partition coefficient (Wildman–Crippen LogP) is 5.49. The molecule has 4 fully saturated rings. The maximum Gasteiger partial charge on any atom is 0.0769 e. The van der Waals surface area contributed by atoms with Crippen LogP contribution in [-0.2, 0) is 5.41 Å². The highest BCUT2D eigenvalue weighted by molar-refractivity contribution is 5.84. The first-order chi connectivity index (χ1) is 12.3. The zero-order chi connectivity index (χ0) is 16.4. The van der Waals surface area contributed by atoms with E-state index >= 15 is 0 Å². The van der Waals surface area contributed by atoms with Crippen LogP contribution >= 0.6 is 0 Å². The molecule has 0 atom stereocenters. The summed E-state index contributed by atoms with van der Waals surface area (Å²) in [6.07, 6.45) is 8.56. The third kappa shape index (κ3) is 2.00. The van der Waals surface area contributed by atoms with Crippen molar-refractivity contribution in [1.29, 1.82) is 0 Å². The fraction of sp³-hybridized carbons (Fsp3) is 0.435. The first-order valence-corrected chi connectivity index (χ1v) is 9.84. The number of para-hydroxylation sites is 2. The van der Waals surface area contributed by atoms with Gasteiger partial charge in [-0.05, 0) is 74.5 Å². The quantitative estimate of drug-likeness (QED) is 0.608. The highest BCUT2D eigenvalue weighted by Gasteiger charge is 2.53. The topological polar surface area (TPSA) is 17.8 Å². The maximum absolute atomic E-state index is 5.27. The summed E-state index contributed by atoms with van der Waals surface area (Å²) >= 11 is 0. The van der Waals surface area contributed by atoms with Gasteiger partial charge in [0.2, 0.25) is 0 Å². The summed E-state index contributed by atoms with van der Waals surface area (Å²) in [7, 11) is 0. The van der Waals surface area contributed by atoms with E-state index in [0.29, 0.717) is 5.41 Å². The second-order valence-electron chi connectivity index (χ2n) is 8.81. The minimum Gasteiger partial charge on any atom is -0.233 e. The van der Waals surface area contributed by atoms with Crippen LogP contribution in [0.2, 0.25) is 0 Å². The van der Waals surface area contributed by atoms with E-state index in [4.69, 9.17) is 5.10 Å². The molecule has 126 valence electrons. The SMILES string of the molecule is c1ccc(-n2nc(C34CC5CC(CC(C5)C3)C4)c3ccccc32)cc1. The molecule has 3 aromatic rings. The molecule has 4 aliphatic rings. The van der Waals surface area contributed by atoms with E-state index in [9.17, 15) is 0 Å². The number of nitrogens with zero attached hydrogens (tertiary/aromatic N) is 2. The zero-order valence-corrected chi connectivity index (χ0v) is 14.6. The Labute approximate surface area is 148 Å². The van der Waals surface area contributed by atoms with E-state index in [1.807, 2.05) is 0 Å². The van der Waals surface area contributed by atoms with Gasteiger partial charge in [0.25, 0.3) is 0 Å². The molecule has 2 nitrogen and oxygen atoms in total. The van der Waals surface area contributed by atoms with Crippen molar-refractivity contribution in [3.05, 3.63) is 60.3 Å². The molecule has 4 bridgehead atoms. The van der Waals surface area contributed by atoms with Crippen LogP contribution in [0.1, 0.15) is 44.2 Å². The Morgan fingerprint density at radius 1 is 0.760 bits per heavy atom. The summed E-state index contributed by atoms with van der Waals surface area (Å²) in [6, 6.07) is 19.5. The summed E-state index contributed by atoms with van der Waals surface area (Å²) in [4.78, 5) is 0. The monoisotopic (exact) mass is 328 g/mol. The van der Waals surface area contributed by atoms with Gasteiger partial charge in [-0.25, -0.2) is 4.68 Å². The molecule has 0 unspecified atom stereocenters. The van der Waals surface area contributed by atoms with Crippen LogP contribution in [0, 0.1) is 17.8 Å². The van der Waals surface area contributed by atoms with Gasteiger partial charge in [0, 0.05) is 10.8 Å². The van der Waals surface area contributed by atoms with Crippen molar-refractivity contribution in [2.45, 2.75) is 43.9 Å². The first kappa shape index (κ1) is 14.1. The second-order valence-corrected chi connectivity index (χ2v) is 8.81. The highest BCUT2D eigenvalue weighted by Crippen LogP contribution is 2.61. The molecule has 0 saturated heterocycles. The fourth-order valence-electron chi connectivity index (χ4n) is 6.62. The van der Waals surface area contributed by atoms with Gasteiger partial charge in [0.1, 0.15) is 0 Å². The van der Waals surface area contributed by atoms with Crippen molar-refractivity contribution < 1.29 is 0 Å². The van der Waals surface area contributed by atoms with Crippen LogP contribution in [0.5, 0.6) is 0 Å². The van der Waals surface area contributed by atoms with Gasteiger partial charge in [0.05, 0.1) is 16.9 Å². The average molecular weight is 328 g/mol. The zero-order valence-electron chi connectivity index (χ0n) is 14.6. The van der Waals surface area contributed by atoms with Gasteiger partial charge in [-0.15, -0.1) is 0 Å². The van der Waals surface area contributed by atoms with Crippen molar-refractivity contribution >= 4 is 10.9 Å². The van der Waals surface area contributed by atoms with Gasteiger partial charge in [-0.1, -0.05) is 36.4 Å². The van der Waals surface area contributed by atoms with E-state index < -0.39 is 0 Å². The number of hydrogen-bond donors (Lipinski definition) is 0. The summed E-state index contributed by atoms with van der Waals surface area (Å²) in [5, 5.41) is 6.65. The van der Waals surface area contributed by atoms with Crippen LogP contribution in [0.25, 0.3) is 16.6 Å². The summed E-state index contributed by atoms with van der Waals surface area (Å²) in [5.74, 6) is 2.85. The van der Waals surface area contributed by atoms with Gasteiger partial charge >= 0.3 is 0 Å². The molecule has 1 heterocycles. The van der Waals surface area contributed by atoms with E-state index in [2.05, 4.69) is 59.3 Å². The third-order valence-corrected chi connectivity index (χ3v) is 7.13. The number of hydrogen-bond acceptors (Lipinski definition) is 1. The van der Waals surface area contributed by atoms with Gasteiger partial charge < -0.3 is 0 Å². The van der Waals surface area contributed by atoms with Gasteiger partial charge in [-0.2, -0.15) is 5.10 Å². The van der Waals surface area contributed by atoms with Crippen LogP contribution < -0.4 is 0 Å². The van der Waals surface area contributed by atoms with Crippen LogP contribution in [0.3, 0.4) is 0 Å². The van der Waals surface area contributed by atoms with E-state index in [-0.39, 0.29) is 0 Å². The molecule has 0 aliphatic heterocycles. The molecule has 25 heavy (non-hydrogen) atoms. The lowest BCUT2D eigenvalue weighted by molar-refractivity contribution is -0.00669. The third-order valence-electron chi connectivity index (χ3n) is 7.13.